The van der Waals surface area contributed by atoms with Gasteiger partial charge in [0.1, 0.15) is 18.7 Å². The highest BCUT2D eigenvalue weighted by Crippen LogP contribution is 2.31. The van der Waals surface area contributed by atoms with Crippen LogP contribution >= 0.6 is 0 Å². The van der Waals surface area contributed by atoms with Crippen LogP contribution in [0.5, 0.6) is 0 Å². The van der Waals surface area contributed by atoms with Gasteiger partial charge in [0.2, 0.25) is 5.91 Å². The Balaban J connectivity index is 2.14. The third-order valence-electron chi connectivity index (χ3n) is 3.52. The minimum atomic E-state index is -0.440. The summed E-state index contributed by atoms with van der Waals surface area (Å²) in [6, 6.07) is 7.13. The van der Waals surface area contributed by atoms with E-state index in [1.54, 1.807) is 14.0 Å². The lowest BCUT2D eigenvalue weighted by Gasteiger charge is -2.34. The molecule has 1 aliphatic rings. The maximum Gasteiger partial charge on any atom is 0.326 e. The summed E-state index contributed by atoms with van der Waals surface area (Å²) in [7, 11) is 1.55. The molecule has 1 amide bonds. The van der Waals surface area contributed by atoms with Crippen LogP contribution in [0.25, 0.3) is 0 Å². The highest BCUT2D eigenvalue weighted by atomic mass is 16.6. The van der Waals surface area contributed by atoms with Gasteiger partial charge in [0.15, 0.2) is 0 Å². The van der Waals surface area contributed by atoms with E-state index in [-0.39, 0.29) is 24.6 Å². The first kappa shape index (κ1) is 16.3. The minimum Gasteiger partial charge on any atom is -0.459 e. The van der Waals surface area contributed by atoms with E-state index < -0.39 is 5.97 Å². The zero-order chi connectivity index (χ0) is 16.1. The second-order valence-corrected chi connectivity index (χ2v) is 5.30. The first-order valence-corrected chi connectivity index (χ1v) is 7.42. The molecule has 0 saturated heterocycles. The van der Waals surface area contributed by atoms with Crippen molar-refractivity contribution in [3.05, 3.63) is 24.3 Å². The Morgan fingerprint density at radius 1 is 1.41 bits per heavy atom. The van der Waals surface area contributed by atoms with Gasteiger partial charge in [0.25, 0.3) is 0 Å². The first-order chi connectivity index (χ1) is 10.6. The number of methoxy groups -OCH3 is 1. The molecule has 0 aliphatic carbocycles. The summed E-state index contributed by atoms with van der Waals surface area (Å²) < 4.78 is 10.2. The van der Waals surface area contributed by atoms with Crippen LogP contribution in [0, 0.1) is 0 Å². The molecule has 6 nitrogen and oxygen atoms in total. The summed E-state index contributed by atoms with van der Waals surface area (Å²) in [4.78, 5) is 26.0. The lowest BCUT2D eigenvalue weighted by atomic mass is 10.1. The molecule has 1 aromatic carbocycles. The summed E-state index contributed by atoms with van der Waals surface area (Å²) in [6.07, 6.45) is 0.312. The molecule has 0 aromatic heterocycles. The van der Waals surface area contributed by atoms with Crippen LogP contribution in [0.2, 0.25) is 0 Å². The number of rotatable bonds is 6. The van der Waals surface area contributed by atoms with E-state index in [9.17, 15) is 9.59 Å². The fourth-order valence-electron chi connectivity index (χ4n) is 2.49. The Kier molecular flexibility index (Phi) is 5.38. The summed E-state index contributed by atoms with van der Waals surface area (Å²) in [5.41, 5.74) is 1.56. The number of esters is 1. The first-order valence-electron chi connectivity index (χ1n) is 7.42. The molecule has 0 saturated carbocycles. The fourth-order valence-corrected chi connectivity index (χ4v) is 2.49. The number of benzene rings is 1. The zero-order valence-electron chi connectivity index (χ0n) is 13.2. The summed E-state index contributed by atoms with van der Waals surface area (Å²) >= 11 is 0. The van der Waals surface area contributed by atoms with Crippen LogP contribution in [-0.2, 0) is 19.1 Å². The van der Waals surface area contributed by atoms with Crippen LogP contribution in [0.4, 0.5) is 11.4 Å². The molecule has 2 rings (SSSR count). The van der Waals surface area contributed by atoms with Crippen molar-refractivity contribution >= 4 is 23.3 Å². The van der Waals surface area contributed by atoms with E-state index in [1.165, 1.54) is 4.90 Å². The topological polar surface area (TPSA) is 67.9 Å². The normalized spacial score (nSPS) is 18.4. The molecule has 1 heterocycles. The minimum absolute atomic E-state index is 0.0952. The van der Waals surface area contributed by atoms with Crippen LogP contribution in [-0.4, -0.2) is 44.3 Å². The summed E-state index contributed by atoms with van der Waals surface area (Å²) in [5, 5.41) is 3.20. The van der Waals surface area contributed by atoms with Crippen molar-refractivity contribution in [2.45, 2.75) is 32.4 Å². The van der Waals surface area contributed by atoms with Crippen LogP contribution in [0.1, 0.15) is 20.3 Å². The van der Waals surface area contributed by atoms with Crippen molar-refractivity contribution in [1.29, 1.82) is 0 Å². The van der Waals surface area contributed by atoms with Crippen molar-refractivity contribution in [1.82, 2.24) is 0 Å². The van der Waals surface area contributed by atoms with Crippen molar-refractivity contribution in [2.24, 2.45) is 0 Å². The van der Waals surface area contributed by atoms with Crippen LogP contribution < -0.4 is 10.2 Å². The molecule has 0 bridgehead atoms. The molecule has 0 fully saturated rings. The number of carbonyl (C=O) groups excluding carboxylic acids is 2. The van der Waals surface area contributed by atoms with Crippen molar-refractivity contribution in [3.8, 4) is 0 Å². The number of ether oxygens (including phenoxy) is 2. The van der Waals surface area contributed by atoms with Crippen molar-refractivity contribution in [2.75, 3.05) is 30.5 Å². The molecule has 2 atom stereocenters. The Morgan fingerprint density at radius 2 is 2.14 bits per heavy atom. The molecule has 22 heavy (non-hydrogen) atoms. The van der Waals surface area contributed by atoms with Gasteiger partial charge in [-0.05, 0) is 25.5 Å². The highest BCUT2D eigenvalue weighted by molar-refractivity contribution is 6.07. The van der Waals surface area contributed by atoms with E-state index in [0.717, 1.165) is 5.69 Å². The molecule has 2 unspecified atom stereocenters. The molecular formula is C16H22N2O4. The third kappa shape index (κ3) is 3.57. The van der Waals surface area contributed by atoms with Gasteiger partial charge in [-0.25, -0.2) is 0 Å². The van der Waals surface area contributed by atoms with Crippen molar-refractivity contribution in [3.63, 3.8) is 0 Å². The molecule has 0 radical (unpaired) electrons. The average molecular weight is 306 g/mol. The maximum absolute atomic E-state index is 12.5. The van der Waals surface area contributed by atoms with Gasteiger partial charge in [-0.3, -0.25) is 14.5 Å². The number of nitrogens with zero attached hydrogens (tertiary/aromatic N) is 1. The van der Waals surface area contributed by atoms with Gasteiger partial charge in [-0.15, -0.1) is 0 Å². The molecule has 1 aromatic rings. The van der Waals surface area contributed by atoms with Crippen LogP contribution in [0.15, 0.2) is 24.3 Å². The van der Waals surface area contributed by atoms with Gasteiger partial charge in [-0.1, -0.05) is 19.1 Å². The van der Waals surface area contributed by atoms with E-state index in [1.807, 2.05) is 31.2 Å². The van der Waals surface area contributed by atoms with Crippen molar-refractivity contribution < 1.29 is 19.1 Å². The smallest absolute Gasteiger partial charge is 0.326 e. The SMILES string of the molecule is CCC1Nc2ccccc2N(CC(=O)OC(C)COC)C1=O. The fraction of sp³-hybridized carbons (Fsp3) is 0.500. The van der Waals surface area contributed by atoms with Gasteiger partial charge < -0.3 is 14.8 Å². The quantitative estimate of drug-likeness (QED) is 0.812. The number of anilines is 2. The van der Waals surface area contributed by atoms with E-state index >= 15 is 0 Å². The second kappa shape index (κ2) is 7.26. The predicted octanol–water partition coefficient (Wildman–Crippen LogP) is 1.80. The lowest BCUT2D eigenvalue weighted by molar-refractivity contribution is -0.149. The Hall–Kier alpha value is -2.08. The summed E-state index contributed by atoms with van der Waals surface area (Å²) in [5.74, 6) is -0.554. The number of nitrogens with one attached hydrogen (secondary N) is 1. The monoisotopic (exact) mass is 306 g/mol. The average Bonchev–Trinajstić information content (AvgIpc) is 2.50. The standard InChI is InChI=1S/C16H22N2O4/c1-4-12-16(20)18(9-15(19)22-11(2)10-21-3)14-8-6-5-7-13(14)17-12/h5-8,11-12,17H,4,9-10H2,1-3H3. The highest BCUT2D eigenvalue weighted by Gasteiger charge is 2.32. The number of hydrogen-bond acceptors (Lipinski definition) is 5. The summed E-state index contributed by atoms with van der Waals surface area (Å²) in [6.45, 7) is 3.92. The molecule has 1 aliphatic heterocycles. The van der Waals surface area contributed by atoms with Gasteiger partial charge in [0, 0.05) is 7.11 Å². The Bertz CT molecular complexity index is 547. The Morgan fingerprint density at radius 3 is 2.82 bits per heavy atom. The molecule has 120 valence electrons. The van der Waals surface area contributed by atoms with Gasteiger partial charge in [-0.2, -0.15) is 0 Å². The molecular weight excluding hydrogens is 284 g/mol. The number of fused-ring (bicyclic) bond motifs is 1. The van der Waals surface area contributed by atoms with E-state index in [2.05, 4.69) is 5.32 Å². The zero-order valence-corrected chi connectivity index (χ0v) is 13.2. The maximum atomic E-state index is 12.5. The molecule has 6 heteroatoms. The largest absolute Gasteiger partial charge is 0.459 e. The number of carbonyl (C=O) groups is 2. The van der Waals surface area contributed by atoms with Gasteiger partial charge in [0.05, 0.1) is 18.0 Å². The lowest BCUT2D eigenvalue weighted by Crippen LogP contribution is -2.49. The van der Waals surface area contributed by atoms with E-state index in [4.69, 9.17) is 9.47 Å². The number of hydrogen-bond donors (Lipinski definition) is 1. The number of amides is 1. The predicted molar refractivity (Wildman–Crippen MR) is 83.9 cm³/mol. The Labute approximate surface area is 130 Å². The third-order valence-corrected chi connectivity index (χ3v) is 3.52. The molecule has 1 N–H and O–H groups in total. The van der Waals surface area contributed by atoms with E-state index in [0.29, 0.717) is 18.7 Å². The van der Waals surface area contributed by atoms with Crippen LogP contribution in [0.3, 0.4) is 0 Å². The van der Waals surface area contributed by atoms with Gasteiger partial charge >= 0.3 is 5.97 Å². The number of para-hydroxylation sites is 2. The molecule has 0 spiro atoms. The second-order valence-electron chi connectivity index (χ2n) is 5.30.